The Balaban J connectivity index is 1.54. The minimum absolute atomic E-state index is 0.0300. The van der Waals surface area contributed by atoms with Crippen molar-refractivity contribution in [2.24, 2.45) is 5.92 Å². The third-order valence-electron chi connectivity index (χ3n) is 4.77. The number of carbonyl (C=O) groups is 2. The molecule has 0 radical (unpaired) electrons. The molecule has 0 aliphatic carbocycles. The van der Waals surface area contributed by atoms with Gasteiger partial charge in [0.15, 0.2) is 5.56 Å². The van der Waals surface area contributed by atoms with Crippen LogP contribution in [-0.4, -0.2) is 65.8 Å². The van der Waals surface area contributed by atoms with Crippen LogP contribution in [0.3, 0.4) is 0 Å². The number of ether oxygens (including phenoxy) is 2. The Morgan fingerprint density at radius 2 is 2.16 bits per heavy atom. The number of urea groups is 1. The standard InChI is InChI=1S/C20H24ClFN4O5S/c1-12(10-26-4-6-30-7-5-26)9-23-20(29)24-18-16(19(27)28)17(25-32-18)31-11-13-2-3-14(21)8-15(13)22/h2-3,8,12H,4-7,9-11H2,1H3,(H,27,28)(H2,23,24,29). The van der Waals surface area contributed by atoms with Crippen molar-refractivity contribution in [3.8, 4) is 5.88 Å². The highest BCUT2D eigenvalue weighted by atomic mass is 35.5. The molecule has 2 aromatic rings. The fraction of sp³-hybridized carbons (Fsp3) is 0.450. The van der Waals surface area contributed by atoms with Gasteiger partial charge < -0.3 is 19.9 Å². The van der Waals surface area contributed by atoms with E-state index >= 15 is 0 Å². The molecule has 3 N–H and O–H groups in total. The lowest BCUT2D eigenvalue weighted by atomic mass is 10.1. The number of benzene rings is 1. The third kappa shape index (κ3) is 6.76. The zero-order valence-electron chi connectivity index (χ0n) is 17.4. The smallest absolute Gasteiger partial charge is 0.344 e. The Kier molecular flexibility index (Phi) is 8.62. The first-order chi connectivity index (χ1) is 15.3. The molecule has 32 heavy (non-hydrogen) atoms. The summed E-state index contributed by atoms with van der Waals surface area (Å²) < 4.78 is 28.6. The van der Waals surface area contributed by atoms with Gasteiger partial charge in [0.05, 0.1) is 13.2 Å². The minimum atomic E-state index is -1.32. The van der Waals surface area contributed by atoms with E-state index in [-0.39, 0.29) is 39.6 Å². The summed E-state index contributed by atoms with van der Waals surface area (Å²) in [6.07, 6.45) is 0. The Hall–Kier alpha value is -2.47. The van der Waals surface area contributed by atoms with E-state index in [0.29, 0.717) is 19.8 Å². The van der Waals surface area contributed by atoms with E-state index in [1.807, 2.05) is 6.92 Å². The normalized spacial score (nSPS) is 15.2. The monoisotopic (exact) mass is 486 g/mol. The molecular formula is C20H24ClFN4O5S. The average Bonchev–Trinajstić information content (AvgIpc) is 3.15. The number of hydrogen-bond donors (Lipinski definition) is 3. The number of nitrogens with zero attached hydrogens (tertiary/aromatic N) is 2. The number of amides is 2. The van der Waals surface area contributed by atoms with Gasteiger partial charge in [-0.2, -0.15) is 4.37 Å². The van der Waals surface area contributed by atoms with Gasteiger partial charge in [-0.05, 0) is 29.6 Å². The van der Waals surface area contributed by atoms with E-state index in [9.17, 15) is 19.1 Å². The predicted octanol–water partition coefficient (Wildman–Crippen LogP) is 3.30. The summed E-state index contributed by atoms with van der Waals surface area (Å²) in [5.74, 6) is -1.89. The number of aromatic nitrogens is 1. The molecule has 12 heteroatoms. The highest BCUT2D eigenvalue weighted by molar-refractivity contribution is 7.11. The number of nitrogens with one attached hydrogen (secondary N) is 2. The van der Waals surface area contributed by atoms with Gasteiger partial charge in [0.25, 0.3) is 0 Å². The van der Waals surface area contributed by atoms with Crippen LogP contribution in [0.5, 0.6) is 5.88 Å². The quantitative estimate of drug-likeness (QED) is 0.498. The number of aromatic carboxylic acids is 1. The molecule has 1 aromatic heterocycles. The van der Waals surface area contributed by atoms with Gasteiger partial charge in [0.2, 0.25) is 5.88 Å². The number of morpholine rings is 1. The van der Waals surface area contributed by atoms with Gasteiger partial charge in [-0.3, -0.25) is 10.2 Å². The summed E-state index contributed by atoms with van der Waals surface area (Å²) in [6.45, 7) is 6.17. The summed E-state index contributed by atoms with van der Waals surface area (Å²) in [4.78, 5) is 26.3. The van der Waals surface area contributed by atoms with E-state index in [1.54, 1.807) is 0 Å². The van der Waals surface area contributed by atoms with Gasteiger partial charge >= 0.3 is 12.0 Å². The Labute approximate surface area is 193 Å². The van der Waals surface area contributed by atoms with Crippen molar-refractivity contribution in [1.82, 2.24) is 14.6 Å². The third-order valence-corrected chi connectivity index (χ3v) is 5.75. The van der Waals surface area contributed by atoms with E-state index in [1.165, 1.54) is 12.1 Å². The van der Waals surface area contributed by atoms with E-state index in [2.05, 4.69) is 19.9 Å². The molecular weight excluding hydrogens is 463 g/mol. The first-order valence-corrected chi connectivity index (χ1v) is 11.1. The van der Waals surface area contributed by atoms with Crippen LogP contribution >= 0.6 is 23.1 Å². The molecule has 0 saturated carbocycles. The van der Waals surface area contributed by atoms with Crippen LogP contribution < -0.4 is 15.4 Å². The van der Waals surface area contributed by atoms with Crippen molar-refractivity contribution in [3.63, 3.8) is 0 Å². The SMILES string of the molecule is CC(CNC(=O)Nc1snc(OCc2ccc(Cl)cc2F)c1C(=O)O)CN1CCOCC1. The van der Waals surface area contributed by atoms with Gasteiger partial charge in [0, 0.05) is 36.8 Å². The Morgan fingerprint density at radius 1 is 1.41 bits per heavy atom. The second kappa shape index (κ2) is 11.4. The topological polar surface area (TPSA) is 113 Å². The summed E-state index contributed by atoms with van der Waals surface area (Å²) >= 11 is 6.50. The minimum Gasteiger partial charge on any atom is -0.477 e. The fourth-order valence-electron chi connectivity index (χ4n) is 3.14. The molecule has 2 heterocycles. The van der Waals surface area contributed by atoms with Crippen molar-refractivity contribution in [2.75, 3.05) is 44.7 Å². The van der Waals surface area contributed by atoms with Gasteiger partial charge in [-0.15, -0.1) is 0 Å². The van der Waals surface area contributed by atoms with Crippen LogP contribution in [-0.2, 0) is 11.3 Å². The van der Waals surface area contributed by atoms with Crippen molar-refractivity contribution in [2.45, 2.75) is 13.5 Å². The number of halogens is 2. The molecule has 9 nitrogen and oxygen atoms in total. The zero-order chi connectivity index (χ0) is 23.1. The van der Waals surface area contributed by atoms with E-state index in [0.717, 1.165) is 37.2 Å². The van der Waals surface area contributed by atoms with Crippen molar-refractivity contribution < 1.29 is 28.6 Å². The number of rotatable bonds is 9. The maximum Gasteiger partial charge on any atom is 0.344 e. The fourth-order valence-corrected chi connectivity index (χ4v) is 4.02. The van der Waals surface area contributed by atoms with Crippen molar-refractivity contribution >= 4 is 40.1 Å². The number of hydrogen-bond acceptors (Lipinski definition) is 7. The highest BCUT2D eigenvalue weighted by Gasteiger charge is 2.24. The predicted molar refractivity (Wildman–Crippen MR) is 118 cm³/mol. The van der Waals surface area contributed by atoms with E-state index < -0.39 is 17.8 Å². The molecule has 1 aliphatic heterocycles. The molecule has 174 valence electrons. The van der Waals surface area contributed by atoms with Gasteiger partial charge in [-0.1, -0.05) is 24.6 Å². The highest BCUT2D eigenvalue weighted by Crippen LogP contribution is 2.31. The van der Waals surface area contributed by atoms with Crippen LogP contribution in [0.2, 0.25) is 5.02 Å². The van der Waals surface area contributed by atoms with Gasteiger partial charge in [-0.25, -0.2) is 14.0 Å². The summed E-state index contributed by atoms with van der Waals surface area (Å²) in [5.41, 5.74) is -0.0962. The number of carboxylic acid groups (broad SMARTS) is 1. The first-order valence-electron chi connectivity index (χ1n) is 9.98. The lowest BCUT2D eigenvalue weighted by molar-refractivity contribution is 0.0320. The lowest BCUT2D eigenvalue weighted by Crippen LogP contribution is -2.42. The number of carboxylic acids is 1. The summed E-state index contributed by atoms with van der Waals surface area (Å²) in [6, 6.07) is 3.53. The molecule has 1 unspecified atom stereocenters. The zero-order valence-corrected chi connectivity index (χ0v) is 19.0. The molecule has 1 fully saturated rings. The second-order valence-electron chi connectivity index (χ2n) is 7.37. The largest absolute Gasteiger partial charge is 0.477 e. The van der Waals surface area contributed by atoms with Crippen LogP contribution in [0.1, 0.15) is 22.8 Å². The summed E-state index contributed by atoms with van der Waals surface area (Å²) in [7, 11) is 0. The maximum atomic E-state index is 13.9. The van der Waals surface area contributed by atoms with E-state index in [4.69, 9.17) is 21.1 Å². The Bertz CT molecular complexity index is 954. The summed E-state index contributed by atoms with van der Waals surface area (Å²) in [5, 5.41) is 15.1. The van der Waals surface area contributed by atoms with Crippen LogP contribution in [0, 0.1) is 11.7 Å². The molecule has 2 amide bonds. The first kappa shape index (κ1) is 24.2. The molecule has 0 spiro atoms. The van der Waals surface area contributed by atoms with Gasteiger partial charge in [0.1, 0.15) is 17.4 Å². The average molecular weight is 487 g/mol. The number of anilines is 1. The van der Waals surface area contributed by atoms with Crippen LogP contribution in [0.4, 0.5) is 14.2 Å². The van der Waals surface area contributed by atoms with Crippen LogP contribution in [0.25, 0.3) is 0 Å². The molecule has 0 bridgehead atoms. The lowest BCUT2D eigenvalue weighted by Gasteiger charge is -2.29. The Morgan fingerprint density at radius 3 is 2.84 bits per heavy atom. The molecule has 1 aromatic carbocycles. The molecule has 3 rings (SSSR count). The second-order valence-corrected chi connectivity index (χ2v) is 8.58. The molecule has 1 atom stereocenters. The molecule has 1 aliphatic rings. The van der Waals surface area contributed by atoms with Crippen molar-refractivity contribution in [1.29, 1.82) is 0 Å². The molecule has 1 saturated heterocycles. The number of carbonyl (C=O) groups excluding carboxylic acids is 1. The van der Waals surface area contributed by atoms with Crippen LogP contribution in [0.15, 0.2) is 18.2 Å². The van der Waals surface area contributed by atoms with Crippen molar-refractivity contribution in [3.05, 3.63) is 40.2 Å². The maximum absolute atomic E-state index is 13.9.